The molecule has 0 unspecified atom stereocenters. The smallest absolute Gasteiger partial charge is 0.146 e. The molecule has 0 aliphatic carbocycles. The lowest BCUT2D eigenvalue weighted by Gasteiger charge is -2.13. The maximum Gasteiger partial charge on any atom is 0.146 e. The van der Waals surface area contributed by atoms with E-state index in [1.807, 2.05) is 101 Å². The highest BCUT2D eigenvalue weighted by molar-refractivity contribution is 5.64. The van der Waals surface area contributed by atoms with Gasteiger partial charge in [0.05, 0.1) is 5.56 Å². The standard InChI is InChI=1S/C20H18N4.2C2H6/c1-15-12-19(23-17-10-6-3-7-11-17)24-20(18(15)13-21)22-14-16-8-4-2-5-9-16;2*1-2/h2-12H,14H2,1H3,(H2,22,23,24);2*1-2H3. The Morgan fingerprint density at radius 3 is 2.04 bits per heavy atom. The van der Waals surface area contributed by atoms with Crippen molar-refractivity contribution in [1.29, 1.82) is 5.26 Å². The predicted octanol–water partition coefficient (Wildman–Crippen LogP) is 6.67. The Hall–Kier alpha value is -3.32. The zero-order valence-corrected chi connectivity index (χ0v) is 17.5. The van der Waals surface area contributed by atoms with Gasteiger partial charge < -0.3 is 10.6 Å². The maximum absolute atomic E-state index is 9.43. The Bertz CT molecular complexity index is 853. The normalized spacial score (nSPS) is 9.00. The Morgan fingerprint density at radius 1 is 0.893 bits per heavy atom. The minimum atomic E-state index is 0.574. The van der Waals surface area contributed by atoms with Crippen molar-refractivity contribution in [1.82, 2.24) is 4.98 Å². The van der Waals surface area contributed by atoms with Crippen LogP contribution in [0.15, 0.2) is 66.7 Å². The molecule has 0 aliphatic heterocycles. The number of rotatable bonds is 5. The average molecular weight is 375 g/mol. The van der Waals surface area contributed by atoms with Gasteiger partial charge in [-0.2, -0.15) is 5.26 Å². The van der Waals surface area contributed by atoms with Gasteiger partial charge in [0.2, 0.25) is 0 Å². The summed E-state index contributed by atoms with van der Waals surface area (Å²) in [7, 11) is 0. The van der Waals surface area contributed by atoms with E-state index in [2.05, 4.69) is 21.7 Å². The van der Waals surface area contributed by atoms with Crippen LogP contribution >= 0.6 is 0 Å². The van der Waals surface area contributed by atoms with E-state index >= 15 is 0 Å². The van der Waals surface area contributed by atoms with Crippen LogP contribution in [0.5, 0.6) is 0 Å². The quantitative estimate of drug-likeness (QED) is 0.523. The molecule has 28 heavy (non-hydrogen) atoms. The first-order valence-corrected chi connectivity index (χ1v) is 9.78. The summed E-state index contributed by atoms with van der Waals surface area (Å²) in [6.45, 7) is 10.5. The Morgan fingerprint density at radius 2 is 1.46 bits per heavy atom. The molecule has 0 fully saturated rings. The van der Waals surface area contributed by atoms with Crippen molar-refractivity contribution in [3.05, 3.63) is 83.4 Å². The molecule has 0 radical (unpaired) electrons. The summed E-state index contributed by atoms with van der Waals surface area (Å²) in [6.07, 6.45) is 0. The molecule has 3 rings (SSSR count). The first-order valence-electron chi connectivity index (χ1n) is 9.78. The van der Waals surface area contributed by atoms with Crippen LogP contribution in [0.3, 0.4) is 0 Å². The fourth-order valence-corrected chi connectivity index (χ4v) is 2.46. The third-order valence-corrected chi connectivity index (χ3v) is 3.68. The molecule has 0 atom stereocenters. The fourth-order valence-electron chi connectivity index (χ4n) is 2.46. The van der Waals surface area contributed by atoms with E-state index in [1.54, 1.807) is 0 Å². The number of hydrogen-bond acceptors (Lipinski definition) is 4. The minimum Gasteiger partial charge on any atom is -0.365 e. The van der Waals surface area contributed by atoms with Gasteiger partial charge >= 0.3 is 0 Å². The van der Waals surface area contributed by atoms with Crippen molar-refractivity contribution in [3.8, 4) is 6.07 Å². The number of aryl methyl sites for hydroxylation is 1. The molecule has 1 aromatic heterocycles. The number of pyridine rings is 1. The van der Waals surface area contributed by atoms with Gasteiger partial charge in [-0.25, -0.2) is 4.98 Å². The second kappa shape index (κ2) is 12.9. The monoisotopic (exact) mass is 374 g/mol. The number of nitriles is 1. The van der Waals surface area contributed by atoms with Crippen LogP contribution in [0.1, 0.15) is 44.4 Å². The summed E-state index contributed by atoms with van der Waals surface area (Å²) in [5, 5.41) is 16.0. The van der Waals surface area contributed by atoms with Crippen molar-refractivity contribution in [2.75, 3.05) is 10.6 Å². The SMILES string of the molecule is CC.CC.Cc1cc(Nc2ccccc2)nc(NCc2ccccc2)c1C#N. The summed E-state index contributed by atoms with van der Waals surface area (Å²) < 4.78 is 0. The van der Waals surface area contributed by atoms with Gasteiger partial charge in [0.1, 0.15) is 17.7 Å². The Kier molecular flexibility index (Phi) is 10.5. The highest BCUT2D eigenvalue weighted by Crippen LogP contribution is 2.23. The largest absolute Gasteiger partial charge is 0.365 e. The van der Waals surface area contributed by atoms with E-state index in [1.165, 1.54) is 0 Å². The molecule has 2 aromatic carbocycles. The number of hydrogen-bond donors (Lipinski definition) is 2. The second-order valence-electron chi connectivity index (χ2n) is 5.49. The fraction of sp³-hybridized carbons (Fsp3) is 0.250. The average Bonchev–Trinajstić information content (AvgIpc) is 2.76. The van der Waals surface area contributed by atoms with E-state index in [-0.39, 0.29) is 0 Å². The Balaban J connectivity index is 0.000000921. The van der Waals surface area contributed by atoms with Gasteiger partial charge in [-0.3, -0.25) is 0 Å². The lowest BCUT2D eigenvalue weighted by Crippen LogP contribution is -2.06. The van der Waals surface area contributed by atoms with Crippen LogP contribution in [0.25, 0.3) is 0 Å². The van der Waals surface area contributed by atoms with Crippen LogP contribution < -0.4 is 10.6 Å². The molecule has 1 heterocycles. The van der Waals surface area contributed by atoms with E-state index in [9.17, 15) is 5.26 Å². The topological polar surface area (TPSA) is 60.7 Å². The first-order chi connectivity index (χ1) is 13.8. The zero-order valence-electron chi connectivity index (χ0n) is 17.5. The summed E-state index contributed by atoms with van der Waals surface area (Å²) >= 11 is 0. The summed E-state index contributed by atoms with van der Waals surface area (Å²) in [6, 6.07) is 24.0. The van der Waals surface area contributed by atoms with Crippen LogP contribution in [-0.2, 0) is 6.54 Å². The third kappa shape index (κ3) is 6.77. The molecule has 3 aromatic rings. The number of aromatic nitrogens is 1. The van der Waals surface area contributed by atoms with Crippen molar-refractivity contribution in [2.45, 2.75) is 41.2 Å². The van der Waals surface area contributed by atoms with Crippen LogP contribution in [-0.4, -0.2) is 4.98 Å². The van der Waals surface area contributed by atoms with Gasteiger partial charge in [0.25, 0.3) is 0 Å². The van der Waals surface area contributed by atoms with Gasteiger partial charge in [-0.05, 0) is 36.2 Å². The summed E-state index contributed by atoms with van der Waals surface area (Å²) in [5.74, 6) is 1.31. The molecule has 0 saturated heterocycles. The van der Waals surface area contributed by atoms with Crippen LogP contribution in [0.2, 0.25) is 0 Å². The van der Waals surface area contributed by atoms with E-state index < -0.39 is 0 Å². The van der Waals surface area contributed by atoms with E-state index in [4.69, 9.17) is 0 Å². The predicted molar refractivity (Wildman–Crippen MR) is 120 cm³/mol. The maximum atomic E-state index is 9.43. The molecule has 0 spiro atoms. The lowest BCUT2D eigenvalue weighted by molar-refractivity contribution is 1.10. The summed E-state index contributed by atoms with van der Waals surface area (Å²) in [5.41, 5.74) is 3.57. The van der Waals surface area contributed by atoms with E-state index in [0.717, 1.165) is 16.8 Å². The molecule has 0 amide bonds. The molecular weight excluding hydrogens is 344 g/mol. The second-order valence-corrected chi connectivity index (χ2v) is 5.49. The van der Waals surface area contributed by atoms with Crippen molar-refractivity contribution >= 4 is 17.3 Å². The number of nitrogens with zero attached hydrogens (tertiary/aromatic N) is 2. The highest BCUT2D eigenvalue weighted by Gasteiger charge is 2.10. The van der Waals surface area contributed by atoms with Crippen molar-refractivity contribution in [2.24, 2.45) is 0 Å². The number of benzene rings is 2. The van der Waals surface area contributed by atoms with Crippen LogP contribution in [0.4, 0.5) is 17.3 Å². The number of anilines is 3. The molecule has 4 heteroatoms. The first kappa shape index (κ1) is 22.7. The van der Waals surface area contributed by atoms with Crippen molar-refractivity contribution in [3.63, 3.8) is 0 Å². The molecular formula is C24H30N4. The summed E-state index contributed by atoms with van der Waals surface area (Å²) in [4.78, 5) is 4.57. The Labute approximate surface area is 169 Å². The van der Waals surface area contributed by atoms with Gasteiger partial charge in [0, 0.05) is 12.2 Å². The number of nitrogens with one attached hydrogen (secondary N) is 2. The molecule has 0 bridgehead atoms. The lowest BCUT2D eigenvalue weighted by atomic mass is 10.1. The third-order valence-electron chi connectivity index (χ3n) is 3.68. The molecule has 0 saturated carbocycles. The van der Waals surface area contributed by atoms with Gasteiger partial charge in [-0.1, -0.05) is 76.2 Å². The van der Waals surface area contributed by atoms with Crippen LogP contribution in [0, 0.1) is 18.3 Å². The van der Waals surface area contributed by atoms with E-state index in [0.29, 0.717) is 23.7 Å². The molecule has 0 aliphatic rings. The van der Waals surface area contributed by atoms with Gasteiger partial charge in [-0.15, -0.1) is 0 Å². The number of para-hydroxylation sites is 1. The molecule has 4 nitrogen and oxygen atoms in total. The zero-order chi connectivity index (χ0) is 20.8. The minimum absolute atomic E-state index is 0.574. The molecule has 2 N–H and O–H groups in total. The van der Waals surface area contributed by atoms with Crippen molar-refractivity contribution < 1.29 is 0 Å². The molecule has 146 valence electrons. The van der Waals surface area contributed by atoms with Gasteiger partial charge in [0.15, 0.2) is 0 Å². The highest BCUT2D eigenvalue weighted by atomic mass is 15.1.